The first kappa shape index (κ1) is 20.9. The summed E-state index contributed by atoms with van der Waals surface area (Å²) in [5.41, 5.74) is 4.18. The van der Waals surface area contributed by atoms with Crippen LogP contribution < -0.4 is 10.2 Å². The van der Waals surface area contributed by atoms with Gasteiger partial charge in [0.15, 0.2) is 0 Å². The van der Waals surface area contributed by atoms with Gasteiger partial charge in [-0.3, -0.25) is 9.69 Å². The third-order valence-electron chi connectivity index (χ3n) is 6.01. The summed E-state index contributed by atoms with van der Waals surface area (Å²) in [4.78, 5) is 30.9. The topological polar surface area (TPSA) is 61.9 Å². The Morgan fingerprint density at radius 2 is 1.83 bits per heavy atom. The lowest BCUT2D eigenvalue weighted by Crippen LogP contribution is -2.48. The van der Waals surface area contributed by atoms with Crippen molar-refractivity contribution in [3.8, 4) is 0 Å². The number of benzene rings is 1. The number of fused-ring (bicyclic) bond motifs is 1. The molecule has 2 aromatic rings. The van der Waals surface area contributed by atoms with Gasteiger partial charge in [0.2, 0.25) is 5.91 Å². The van der Waals surface area contributed by atoms with Gasteiger partial charge in [0.05, 0.1) is 19.2 Å². The molecular weight excluding hydrogens is 398 g/mol. The Hall–Kier alpha value is -2.38. The number of aryl methyl sites for hydroxylation is 2. The van der Waals surface area contributed by atoms with Crippen LogP contribution >= 0.6 is 11.3 Å². The Morgan fingerprint density at radius 1 is 1.10 bits per heavy atom. The zero-order valence-corrected chi connectivity index (χ0v) is 18.5. The lowest BCUT2D eigenvalue weighted by molar-refractivity contribution is -0.117. The molecule has 2 heterocycles. The van der Waals surface area contributed by atoms with Crippen LogP contribution in [0.5, 0.6) is 0 Å². The third-order valence-corrected chi connectivity index (χ3v) is 7.22. The standard InChI is InChI=1S/C23H29N3O3S/c1-16-7-3-5-9-18(16)26-13-11-25(12-14-26)15-20(27)24-22-21(23(28)29-2)17-8-4-6-10-19(17)30-22/h3,5,7,9H,4,6,8,10-15H2,1-2H3,(H,24,27). The van der Waals surface area contributed by atoms with Gasteiger partial charge in [-0.1, -0.05) is 18.2 Å². The number of nitrogens with one attached hydrogen (secondary N) is 1. The molecule has 1 aliphatic heterocycles. The Labute approximate surface area is 181 Å². The van der Waals surface area contributed by atoms with E-state index in [0.29, 0.717) is 17.1 Å². The number of methoxy groups -OCH3 is 1. The minimum absolute atomic E-state index is 0.0666. The number of esters is 1. The van der Waals surface area contributed by atoms with Gasteiger partial charge in [0.25, 0.3) is 0 Å². The van der Waals surface area contributed by atoms with Crippen LogP contribution in [-0.4, -0.2) is 56.6 Å². The molecule has 0 saturated carbocycles. The third kappa shape index (κ3) is 4.37. The van der Waals surface area contributed by atoms with Gasteiger partial charge >= 0.3 is 5.97 Å². The maximum Gasteiger partial charge on any atom is 0.341 e. The highest BCUT2D eigenvalue weighted by atomic mass is 32.1. The number of rotatable bonds is 5. The molecule has 0 spiro atoms. The molecule has 2 aliphatic rings. The quantitative estimate of drug-likeness (QED) is 0.741. The maximum atomic E-state index is 12.8. The molecule has 1 amide bonds. The van der Waals surface area contributed by atoms with Crippen LogP contribution in [0.4, 0.5) is 10.7 Å². The second-order valence-corrected chi connectivity index (χ2v) is 9.11. The molecule has 30 heavy (non-hydrogen) atoms. The Balaban J connectivity index is 1.37. The van der Waals surface area contributed by atoms with Crippen LogP contribution in [0.2, 0.25) is 0 Å². The summed E-state index contributed by atoms with van der Waals surface area (Å²) in [6.45, 7) is 5.95. The number of carbonyl (C=O) groups is 2. The average molecular weight is 428 g/mol. The molecule has 160 valence electrons. The fraction of sp³-hybridized carbons (Fsp3) is 0.478. The van der Waals surface area contributed by atoms with E-state index in [1.165, 1.54) is 34.6 Å². The molecule has 1 aliphatic carbocycles. The number of hydrogen-bond acceptors (Lipinski definition) is 6. The van der Waals surface area contributed by atoms with Gasteiger partial charge in [0.1, 0.15) is 5.00 Å². The number of hydrogen-bond donors (Lipinski definition) is 1. The summed E-state index contributed by atoms with van der Waals surface area (Å²) in [5.74, 6) is -0.417. The van der Waals surface area contributed by atoms with E-state index in [1.807, 2.05) is 0 Å². The van der Waals surface area contributed by atoms with Crippen molar-refractivity contribution in [3.05, 3.63) is 45.8 Å². The van der Waals surface area contributed by atoms with Crippen LogP contribution in [0, 0.1) is 6.92 Å². The van der Waals surface area contributed by atoms with Crippen molar-refractivity contribution >= 4 is 33.9 Å². The van der Waals surface area contributed by atoms with E-state index < -0.39 is 0 Å². The average Bonchev–Trinajstić information content (AvgIpc) is 3.12. The smallest absolute Gasteiger partial charge is 0.341 e. The van der Waals surface area contributed by atoms with Crippen molar-refractivity contribution in [3.63, 3.8) is 0 Å². The van der Waals surface area contributed by atoms with Gasteiger partial charge in [-0.05, 0) is 49.8 Å². The van der Waals surface area contributed by atoms with Crippen molar-refractivity contribution < 1.29 is 14.3 Å². The highest BCUT2D eigenvalue weighted by Crippen LogP contribution is 2.38. The molecule has 6 nitrogen and oxygen atoms in total. The molecule has 7 heteroatoms. The van der Waals surface area contributed by atoms with Crippen LogP contribution in [0.15, 0.2) is 24.3 Å². The molecule has 1 fully saturated rings. The fourth-order valence-corrected chi connectivity index (χ4v) is 5.70. The lowest BCUT2D eigenvalue weighted by atomic mass is 9.95. The highest BCUT2D eigenvalue weighted by Gasteiger charge is 2.27. The van der Waals surface area contributed by atoms with E-state index in [-0.39, 0.29) is 11.9 Å². The van der Waals surface area contributed by atoms with Crippen molar-refractivity contribution in [2.24, 2.45) is 0 Å². The van der Waals surface area contributed by atoms with Crippen LogP contribution in [-0.2, 0) is 22.4 Å². The summed E-state index contributed by atoms with van der Waals surface area (Å²) >= 11 is 1.54. The summed E-state index contributed by atoms with van der Waals surface area (Å²) < 4.78 is 5.00. The molecule has 4 rings (SSSR count). The van der Waals surface area contributed by atoms with Gasteiger partial charge in [0, 0.05) is 36.7 Å². The zero-order chi connectivity index (χ0) is 21.1. The normalized spacial score (nSPS) is 16.8. The Bertz CT molecular complexity index is 932. The molecule has 0 unspecified atom stereocenters. The second kappa shape index (κ2) is 9.18. The number of thiophene rings is 1. The van der Waals surface area contributed by atoms with Crippen LogP contribution in [0.3, 0.4) is 0 Å². The number of ether oxygens (including phenoxy) is 1. The molecule has 0 bridgehead atoms. The highest BCUT2D eigenvalue weighted by molar-refractivity contribution is 7.17. The molecule has 1 aromatic heterocycles. The molecule has 1 aromatic carbocycles. The van der Waals surface area contributed by atoms with E-state index in [2.05, 4.69) is 46.3 Å². The lowest BCUT2D eigenvalue weighted by Gasteiger charge is -2.36. The number of piperazine rings is 1. The van der Waals surface area contributed by atoms with Crippen LogP contribution in [0.1, 0.15) is 39.2 Å². The number of para-hydroxylation sites is 1. The predicted molar refractivity (Wildman–Crippen MR) is 121 cm³/mol. The number of anilines is 2. The predicted octanol–water partition coefficient (Wildman–Crippen LogP) is 3.48. The molecule has 1 saturated heterocycles. The summed E-state index contributed by atoms with van der Waals surface area (Å²) in [6.07, 6.45) is 4.06. The van der Waals surface area contributed by atoms with Crippen molar-refractivity contribution in [1.82, 2.24) is 4.90 Å². The van der Waals surface area contributed by atoms with E-state index >= 15 is 0 Å². The SMILES string of the molecule is COC(=O)c1c(NC(=O)CN2CCN(c3ccccc3C)CC2)sc2c1CCCC2. The fourth-order valence-electron chi connectivity index (χ4n) is 4.41. The summed E-state index contributed by atoms with van der Waals surface area (Å²) in [6, 6.07) is 8.42. The van der Waals surface area contributed by atoms with Crippen molar-refractivity contribution in [1.29, 1.82) is 0 Å². The van der Waals surface area contributed by atoms with Crippen LogP contribution in [0.25, 0.3) is 0 Å². The van der Waals surface area contributed by atoms with E-state index in [4.69, 9.17) is 4.74 Å². The molecule has 0 atom stereocenters. The zero-order valence-electron chi connectivity index (χ0n) is 17.7. The maximum absolute atomic E-state index is 12.8. The van der Waals surface area contributed by atoms with Crippen molar-refractivity contribution in [2.45, 2.75) is 32.6 Å². The number of nitrogens with zero attached hydrogens (tertiary/aromatic N) is 2. The molecule has 1 N–H and O–H groups in total. The monoisotopic (exact) mass is 427 g/mol. The first-order chi connectivity index (χ1) is 14.6. The number of amides is 1. The van der Waals surface area contributed by atoms with Gasteiger partial charge in [-0.25, -0.2) is 4.79 Å². The molecule has 0 radical (unpaired) electrons. The first-order valence-electron chi connectivity index (χ1n) is 10.6. The van der Waals surface area contributed by atoms with E-state index in [0.717, 1.165) is 57.4 Å². The van der Waals surface area contributed by atoms with Gasteiger partial charge in [-0.15, -0.1) is 11.3 Å². The summed E-state index contributed by atoms with van der Waals surface area (Å²) in [5, 5.41) is 3.66. The van der Waals surface area contributed by atoms with Gasteiger partial charge in [-0.2, -0.15) is 0 Å². The van der Waals surface area contributed by atoms with Crippen molar-refractivity contribution in [2.75, 3.05) is 50.1 Å². The molecular formula is C23H29N3O3S. The Kier molecular flexibility index (Phi) is 6.39. The summed E-state index contributed by atoms with van der Waals surface area (Å²) in [7, 11) is 1.40. The Morgan fingerprint density at radius 3 is 2.57 bits per heavy atom. The minimum Gasteiger partial charge on any atom is -0.465 e. The van der Waals surface area contributed by atoms with E-state index in [9.17, 15) is 9.59 Å². The number of carbonyl (C=O) groups excluding carboxylic acids is 2. The first-order valence-corrected chi connectivity index (χ1v) is 11.4. The largest absolute Gasteiger partial charge is 0.465 e. The second-order valence-electron chi connectivity index (χ2n) is 8.00. The minimum atomic E-state index is -0.350. The van der Waals surface area contributed by atoms with E-state index in [1.54, 1.807) is 0 Å². The van der Waals surface area contributed by atoms with Gasteiger partial charge < -0.3 is 15.0 Å².